The second-order valence-corrected chi connectivity index (χ2v) is 5.86. The van der Waals surface area contributed by atoms with E-state index in [0.29, 0.717) is 4.88 Å². The van der Waals surface area contributed by atoms with E-state index in [2.05, 4.69) is 10.6 Å². The minimum atomic E-state index is -1.08. The number of hydrogen-bond donors (Lipinski definition) is 3. The van der Waals surface area contributed by atoms with E-state index in [1.807, 2.05) is 0 Å². The SMILES string of the molecule is O=C(CCNC(=O)c1cccs1)Nc1ccsc1C(=O)O. The van der Waals surface area contributed by atoms with Gasteiger partial charge in [0.2, 0.25) is 5.91 Å². The lowest BCUT2D eigenvalue weighted by molar-refractivity contribution is -0.116. The second-order valence-electron chi connectivity index (χ2n) is 4.00. The highest BCUT2D eigenvalue weighted by Gasteiger charge is 2.14. The van der Waals surface area contributed by atoms with Gasteiger partial charge in [-0.15, -0.1) is 22.7 Å². The minimum absolute atomic E-state index is 0.0754. The van der Waals surface area contributed by atoms with Crippen LogP contribution in [0.2, 0.25) is 0 Å². The van der Waals surface area contributed by atoms with Gasteiger partial charge in [0.25, 0.3) is 5.91 Å². The van der Waals surface area contributed by atoms with E-state index in [4.69, 9.17) is 5.11 Å². The fourth-order valence-corrected chi connectivity index (χ4v) is 2.90. The third-order valence-electron chi connectivity index (χ3n) is 2.52. The first-order chi connectivity index (χ1) is 10.1. The molecule has 2 amide bonds. The summed E-state index contributed by atoms with van der Waals surface area (Å²) in [5.74, 6) is -1.65. The summed E-state index contributed by atoms with van der Waals surface area (Å²) in [6, 6.07) is 5.01. The maximum Gasteiger partial charge on any atom is 0.348 e. The number of nitrogens with one attached hydrogen (secondary N) is 2. The number of carbonyl (C=O) groups is 3. The van der Waals surface area contributed by atoms with Gasteiger partial charge in [-0.2, -0.15) is 0 Å². The molecule has 2 aromatic heterocycles. The number of thiophene rings is 2. The van der Waals surface area contributed by atoms with Crippen LogP contribution in [0.4, 0.5) is 5.69 Å². The fraction of sp³-hybridized carbons (Fsp3) is 0.154. The Balaban J connectivity index is 1.79. The molecule has 0 aliphatic heterocycles. The first-order valence-corrected chi connectivity index (χ1v) is 7.76. The van der Waals surface area contributed by atoms with Crippen LogP contribution in [0.1, 0.15) is 25.8 Å². The maximum atomic E-state index is 11.7. The average Bonchev–Trinajstić information content (AvgIpc) is 3.09. The van der Waals surface area contributed by atoms with Crippen LogP contribution in [0.15, 0.2) is 29.0 Å². The number of amides is 2. The predicted molar refractivity (Wildman–Crippen MR) is 81.2 cm³/mol. The molecule has 0 atom stereocenters. The van der Waals surface area contributed by atoms with E-state index in [9.17, 15) is 14.4 Å². The molecule has 0 saturated heterocycles. The van der Waals surface area contributed by atoms with Gasteiger partial charge in [-0.25, -0.2) is 4.79 Å². The lowest BCUT2D eigenvalue weighted by Gasteiger charge is -2.05. The number of carboxylic acids is 1. The van der Waals surface area contributed by atoms with E-state index in [0.717, 1.165) is 11.3 Å². The van der Waals surface area contributed by atoms with E-state index in [-0.39, 0.29) is 35.3 Å². The summed E-state index contributed by atoms with van der Waals surface area (Å²) in [6.07, 6.45) is 0.0754. The third kappa shape index (κ3) is 4.14. The Hall–Kier alpha value is -2.19. The van der Waals surface area contributed by atoms with Gasteiger partial charge < -0.3 is 15.7 Å². The summed E-state index contributed by atoms with van der Waals surface area (Å²) < 4.78 is 0. The molecule has 3 N–H and O–H groups in total. The molecule has 2 rings (SSSR count). The highest BCUT2D eigenvalue weighted by atomic mass is 32.1. The molecule has 0 saturated carbocycles. The standard InChI is InChI=1S/C13H12N2O4S2/c16-10(15-8-4-7-21-11(8)13(18)19)3-5-14-12(17)9-2-1-6-20-9/h1-2,4,6-7H,3,5H2,(H,14,17)(H,15,16)(H,18,19). The zero-order valence-corrected chi connectivity index (χ0v) is 12.4. The molecule has 0 unspecified atom stereocenters. The zero-order valence-electron chi connectivity index (χ0n) is 10.8. The Morgan fingerprint density at radius 3 is 2.62 bits per heavy atom. The van der Waals surface area contributed by atoms with Gasteiger partial charge >= 0.3 is 5.97 Å². The van der Waals surface area contributed by atoms with Crippen LogP contribution < -0.4 is 10.6 Å². The fourth-order valence-electron chi connectivity index (χ4n) is 1.57. The van der Waals surface area contributed by atoms with Crippen molar-refractivity contribution in [2.45, 2.75) is 6.42 Å². The Kier molecular flexibility index (Phi) is 5.07. The number of anilines is 1. The summed E-state index contributed by atoms with van der Waals surface area (Å²) >= 11 is 2.37. The molecule has 0 spiro atoms. The van der Waals surface area contributed by atoms with Gasteiger partial charge in [0, 0.05) is 13.0 Å². The molecule has 0 bridgehead atoms. The van der Waals surface area contributed by atoms with Crippen molar-refractivity contribution < 1.29 is 19.5 Å². The van der Waals surface area contributed by atoms with Gasteiger partial charge in [0.15, 0.2) is 0 Å². The van der Waals surface area contributed by atoms with Crippen molar-refractivity contribution in [3.63, 3.8) is 0 Å². The van der Waals surface area contributed by atoms with Crippen molar-refractivity contribution in [2.75, 3.05) is 11.9 Å². The van der Waals surface area contributed by atoms with Crippen molar-refractivity contribution in [3.8, 4) is 0 Å². The molecule has 2 heterocycles. The number of hydrogen-bond acceptors (Lipinski definition) is 5. The van der Waals surface area contributed by atoms with Crippen LogP contribution in [0, 0.1) is 0 Å². The molecule has 21 heavy (non-hydrogen) atoms. The molecule has 6 nitrogen and oxygen atoms in total. The Bertz CT molecular complexity index is 649. The zero-order chi connectivity index (χ0) is 15.2. The quantitative estimate of drug-likeness (QED) is 0.759. The van der Waals surface area contributed by atoms with Gasteiger partial charge in [0.1, 0.15) is 4.88 Å². The largest absolute Gasteiger partial charge is 0.477 e. The molecule has 0 aliphatic rings. The number of aromatic carboxylic acids is 1. The summed E-state index contributed by atoms with van der Waals surface area (Å²) in [7, 11) is 0. The molecular formula is C13H12N2O4S2. The van der Waals surface area contributed by atoms with E-state index >= 15 is 0 Å². The van der Waals surface area contributed by atoms with Crippen LogP contribution >= 0.6 is 22.7 Å². The van der Waals surface area contributed by atoms with Crippen molar-refractivity contribution in [1.82, 2.24) is 5.32 Å². The van der Waals surface area contributed by atoms with Crippen molar-refractivity contribution in [1.29, 1.82) is 0 Å². The molecule has 0 aromatic carbocycles. The van der Waals surface area contributed by atoms with Gasteiger partial charge in [-0.05, 0) is 22.9 Å². The van der Waals surface area contributed by atoms with Crippen molar-refractivity contribution >= 4 is 46.1 Å². The normalized spacial score (nSPS) is 10.1. The molecule has 8 heteroatoms. The van der Waals surface area contributed by atoms with E-state index in [1.165, 1.54) is 17.4 Å². The average molecular weight is 324 g/mol. The second kappa shape index (κ2) is 7.00. The third-order valence-corrected chi connectivity index (χ3v) is 4.29. The predicted octanol–water partition coefficient (Wildman–Crippen LogP) is 2.27. The van der Waals surface area contributed by atoms with E-state index in [1.54, 1.807) is 22.9 Å². The van der Waals surface area contributed by atoms with Gasteiger partial charge in [-0.1, -0.05) is 6.07 Å². The lowest BCUT2D eigenvalue weighted by Crippen LogP contribution is -2.27. The lowest BCUT2D eigenvalue weighted by atomic mass is 10.3. The Labute approximate surface area is 128 Å². The minimum Gasteiger partial charge on any atom is -0.477 e. The molecular weight excluding hydrogens is 312 g/mol. The van der Waals surface area contributed by atoms with Crippen molar-refractivity contribution in [3.05, 3.63) is 38.7 Å². The van der Waals surface area contributed by atoms with Crippen LogP contribution in [-0.2, 0) is 4.79 Å². The smallest absolute Gasteiger partial charge is 0.348 e. The van der Waals surface area contributed by atoms with Crippen LogP contribution in [0.25, 0.3) is 0 Å². The highest BCUT2D eigenvalue weighted by molar-refractivity contribution is 7.12. The van der Waals surface area contributed by atoms with Gasteiger partial charge in [0.05, 0.1) is 10.6 Å². The maximum absolute atomic E-state index is 11.7. The van der Waals surface area contributed by atoms with Crippen LogP contribution in [0.3, 0.4) is 0 Å². The van der Waals surface area contributed by atoms with Crippen LogP contribution in [-0.4, -0.2) is 29.4 Å². The number of rotatable bonds is 6. The van der Waals surface area contributed by atoms with E-state index < -0.39 is 5.97 Å². The number of carbonyl (C=O) groups excluding carboxylic acids is 2. The first-order valence-electron chi connectivity index (χ1n) is 6.00. The molecule has 110 valence electrons. The number of carboxylic acid groups (broad SMARTS) is 1. The van der Waals surface area contributed by atoms with Crippen LogP contribution in [0.5, 0.6) is 0 Å². The van der Waals surface area contributed by atoms with Crippen molar-refractivity contribution in [2.24, 2.45) is 0 Å². The highest BCUT2D eigenvalue weighted by Crippen LogP contribution is 2.22. The summed E-state index contributed by atoms with van der Waals surface area (Å²) in [5, 5.41) is 17.5. The molecule has 0 fully saturated rings. The molecule has 2 aromatic rings. The summed E-state index contributed by atoms with van der Waals surface area (Å²) in [6.45, 7) is 0.190. The summed E-state index contributed by atoms with van der Waals surface area (Å²) in [4.78, 5) is 34.9. The molecule has 0 radical (unpaired) electrons. The van der Waals surface area contributed by atoms with Gasteiger partial charge in [-0.3, -0.25) is 9.59 Å². The topological polar surface area (TPSA) is 95.5 Å². The molecule has 0 aliphatic carbocycles. The Morgan fingerprint density at radius 2 is 1.95 bits per heavy atom. The summed E-state index contributed by atoms with van der Waals surface area (Å²) in [5.41, 5.74) is 0.280. The first kappa shape index (κ1) is 15.2. The Morgan fingerprint density at radius 1 is 1.14 bits per heavy atom. The monoisotopic (exact) mass is 324 g/mol.